The average molecular weight is 336 g/mol. The molecule has 23 heavy (non-hydrogen) atoms. The zero-order valence-electron chi connectivity index (χ0n) is 14.1. The Kier molecular flexibility index (Phi) is 5.41. The molecule has 0 aromatic carbocycles. The van der Waals surface area contributed by atoms with E-state index in [2.05, 4.69) is 45.5 Å². The van der Waals surface area contributed by atoms with Gasteiger partial charge in [0.1, 0.15) is 16.6 Å². The van der Waals surface area contributed by atoms with E-state index in [0.717, 1.165) is 74.5 Å². The fraction of sp³-hybridized carbons (Fsp3) is 0.588. The van der Waals surface area contributed by atoms with Crippen LogP contribution in [0, 0.1) is 0 Å². The standard InChI is InChI=1S/C17H26ClN5/c1-3-8-19-13-14-17(18)23-15(20-14)6-5-7-16(23)22-11-9-21(4-2)10-12-22/h5-7,19H,3-4,8-13H2,1-2H3. The highest BCUT2D eigenvalue weighted by atomic mass is 35.5. The first kappa shape index (κ1) is 16.6. The number of rotatable bonds is 6. The number of halogens is 1. The number of anilines is 1. The third-order valence-corrected chi connectivity index (χ3v) is 4.88. The molecule has 1 aliphatic rings. The quantitative estimate of drug-likeness (QED) is 0.823. The largest absolute Gasteiger partial charge is 0.355 e. The Bertz CT molecular complexity index is 646. The first-order valence-electron chi connectivity index (χ1n) is 8.58. The van der Waals surface area contributed by atoms with E-state index in [1.165, 1.54) is 0 Å². The summed E-state index contributed by atoms with van der Waals surface area (Å²) in [6.07, 6.45) is 1.11. The second-order valence-electron chi connectivity index (χ2n) is 6.02. The van der Waals surface area contributed by atoms with Gasteiger partial charge in [-0.25, -0.2) is 4.98 Å². The van der Waals surface area contributed by atoms with Crippen molar-refractivity contribution >= 4 is 23.1 Å². The Morgan fingerprint density at radius 2 is 1.96 bits per heavy atom. The monoisotopic (exact) mass is 335 g/mol. The second kappa shape index (κ2) is 7.51. The molecule has 0 unspecified atom stereocenters. The van der Waals surface area contributed by atoms with E-state index in [-0.39, 0.29) is 0 Å². The van der Waals surface area contributed by atoms with Gasteiger partial charge in [0.25, 0.3) is 0 Å². The summed E-state index contributed by atoms with van der Waals surface area (Å²) in [6.45, 7) is 11.5. The summed E-state index contributed by atoms with van der Waals surface area (Å²) >= 11 is 6.64. The number of piperazine rings is 1. The van der Waals surface area contributed by atoms with Crippen molar-refractivity contribution < 1.29 is 0 Å². The van der Waals surface area contributed by atoms with Gasteiger partial charge in [0.15, 0.2) is 0 Å². The first-order valence-corrected chi connectivity index (χ1v) is 8.96. The number of hydrogen-bond acceptors (Lipinski definition) is 4. The topological polar surface area (TPSA) is 35.8 Å². The van der Waals surface area contributed by atoms with Crippen LogP contribution in [0.1, 0.15) is 26.0 Å². The third kappa shape index (κ3) is 3.47. The maximum Gasteiger partial charge on any atom is 0.139 e. The van der Waals surface area contributed by atoms with Crippen molar-refractivity contribution in [1.82, 2.24) is 19.6 Å². The molecule has 5 nitrogen and oxygen atoms in total. The highest BCUT2D eigenvalue weighted by Crippen LogP contribution is 2.26. The van der Waals surface area contributed by atoms with Gasteiger partial charge in [-0.3, -0.25) is 4.40 Å². The third-order valence-electron chi connectivity index (χ3n) is 4.50. The molecule has 3 rings (SSSR count). The molecule has 6 heteroatoms. The van der Waals surface area contributed by atoms with Crippen LogP contribution >= 0.6 is 11.6 Å². The highest BCUT2D eigenvalue weighted by Gasteiger charge is 2.20. The van der Waals surface area contributed by atoms with Crippen LogP contribution in [-0.4, -0.2) is 53.6 Å². The molecule has 0 bridgehead atoms. The predicted molar refractivity (Wildman–Crippen MR) is 96.5 cm³/mol. The SMILES string of the molecule is CCCNCc1nc2cccc(N3CCN(CC)CC3)n2c1Cl. The van der Waals surface area contributed by atoms with Gasteiger partial charge in [-0.2, -0.15) is 0 Å². The lowest BCUT2D eigenvalue weighted by atomic mass is 10.3. The number of hydrogen-bond donors (Lipinski definition) is 1. The first-order chi connectivity index (χ1) is 11.2. The van der Waals surface area contributed by atoms with E-state index in [4.69, 9.17) is 16.6 Å². The van der Waals surface area contributed by atoms with E-state index in [0.29, 0.717) is 0 Å². The zero-order chi connectivity index (χ0) is 16.2. The van der Waals surface area contributed by atoms with E-state index in [1.807, 2.05) is 6.07 Å². The van der Waals surface area contributed by atoms with Gasteiger partial charge in [-0.15, -0.1) is 0 Å². The summed E-state index contributed by atoms with van der Waals surface area (Å²) in [5.74, 6) is 1.15. The van der Waals surface area contributed by atoms with E-state index in [1.54, 1.807) is 0 Å². The second-order valence-corrected chi connectivity index (χ2v) is 6.38. The van der Waals surface area contributed by atoms with Crippen molar-refractivity contribution in [1.29, 1.82) is 0 Å². The van der Waals surface area contributed by atoms with Gasteiger partial charge in [0.2, 0.25) is 0 Å². The van der Waals surface area contributed by atoms with Crippen LogP contribution < -0.4 is 10.2 Å². The summed E-state index contributed by atoms with van der Waals surface area (Å²) in [5.41, 5.74) is 1.86. The van der Waals surface area contributed by atoms with Crippen molar-refractivity contribution in [3.8, 4) is 0 Å². The Hall–Kier alpha value is -1.30. The summed E-state index contributed by atoms with van der Waals surface area (Å²) in [7, 11) is 0. The number of pyridine rings is 1. The minimum absolute atomic E-state index is 0.720. The Balaban J connectivity index is 1.86. The van der Waals surface area contributed by atoms with E-state index >= 15 is 0 Å². The fourth-order valence-electron chi connectivity index (χ4n) is 3.12. The summed E-state index contributed by atoms with van der Waals surface area (Å²) in [5, 5.41) is 4.12. The maximum absolute atomic E-state index is 6.64. The lowest BCUT2D eigenvalue weighted by Gasteiger charge is -2.35. The van der Waals surface area contributed by atoms with Crippen LogP contribution in [-0.2, 0) is 6.54 Å². The highest BCUT2D eigenvalue weighted by molar-refractivity contribution is 6.30. The molecular weight excluding hydrogens is 310 g/mol. The van der Waals surface area contributed by atoms with Gasteiger partial charge in [0.05, 0.1) is 5.69 Å². The Labute approximate surface area is 143 Å². The number of nitrogens with zero attached hydrogens (tertiary/aromatic N) is 4. The van der Waals surface area contributed by atoms with Crippen LogP contribution in [0.3, 0.4) is 0 Å². The molecule has 1 N–H and O–H groups in total. The Morgan fingerprint density at radius 3 is 2.65 bits per heavy atom. The van der Waals surface area contributed by atoms with Crippen LogP contribution in [0.5, 0.6) is 0 Å². The summed E-state index contributed by atoms with van der Waals surface area (Å²) in [6, 6.07) is 6.25. The lowest BCUT2D eigenvalue weighted by Crippen LogP contribution is -2.46. The lowest BCUT2D eigenvalue weighted by molar-refractivity contribution is 0.270. The molecular formula is C17H26ClN5. The molecule has 1 aliphatic heterocycles. The van der Waals surface area contributed by atoms with Crippen molar-refractivity contribution in [2.75, 3.05) is 44.2 Å². The molecule has 3 heterocycles. The fourth-order valence-corrected chi connectivity index (χ4v) is 3.41. The summed E-state index contributed by atoms with van der Waals surface area (Å²) < 4.78 is 2.09. The van der Waals surface area contributed by atoms with Crippen LogP contribution in [0.15, 0.2) is 18.2 Å². The molecule has 0 saturated carbocycles. The molecule has 2 aromatic rings. The van der Waals surface area contributed by atoms with Crippen molar-refractivity contribution in [2.45, 2.75) is 26.8 Å². The molecule has 1 saturated heterocycles. The van der Waals surface area contributed by atoms with Crippen LogP contribution in [0.4, 0.5) is 5.82 Å². The van der Waals surface area contributed by atoms with E-state index in [9.17, 15) is 0 Å². The van der Waals surface area contributed by atoms with E-state index < -0.39 is 0 Å². The van der Waals surface area contributed by atoms with Crippen molar-refractivity contribution in [2.24, 2.45) is 0 Å². The molecule has 0 amide bonds. The van der Waals surface area contributed by atoms with Crippen molar-refractivity contribution in [3.63, 3.8) is 0 Å². The predicted octanol–water partition coefficient (Wildman–Crippen LogP) is 2.63. The van der Waals surface area contributed by atoms with Gasteiger partial charge in [-0.1, -0.05) is 31.5 Å². The average Bonchev–Trinajstić information content (AvgIpc) is 2.92. The Morgan fingerprint density at radius 1 is 1.17 bits per heavy atom. The number of imidazole rings is 1. The van der Waals surface area contributed by atoms with Crippen LogP contribution in [0.25, 0.3) is 5.65 Å². The number of aromatic nitrogens is 2. The molecule has 0 aliphatic carbocycles. The zero-order valence-corrected chi connectivity index (χ0v) is 14.8. The molecule has 0 radical (unpaired) electrons. The number of nitrogens with one attached hydrogen (secondary N) is 1. The molecule has 2 aromatic heterocycles. The van der Waals surface area contributed by atoms with Gasteiger partial charge in [-0.05, 0) is 31.6 Å². The minimum atomic E-state index is 0.720. The van der Waals surface area contributed by atoms with Gasteiger partial charge < -0.3 is 15.1 Å². The van der Waals surface area contributed by atoms with Gasteiger partial charge in [0, 0.05) is 32.7 Å². The number of fused-ring (bicyclic) bond motifs is 1. The van der Waals surface area contributed by atoms with Crippen molar-refractivity contribution in [3.05, 3.63) is 29.0 Å². The number of likely N-dealkylation sites (N-methyl/N-ethyl adjacent to an activating group) is 1. The van der Waals surface area contributed by atoms with Gasteiger partial charge >= 0.3 is 0 Å². The molecule has 1 fully saturated rings. The molecule has 0 spiro atoms. The van der Waals surface area contributed by atoms with Crippen LogP contribution in [0.2, 0.25) is 5.15 Å². The summed E-state index contributed by atoms with van der Waals surface area (Å²) in [4.78, 5) is 9.59. The smallest absolute Gasteiger partial charge is 0.139 e. The molecule has 126 valence electrons. The minimum Gasteiger partial charge on any atom is -0.355 e. The maximum atomic E-state index is 6.64. The normalized spacial score (nSPS) is 16.4. The molecule has 0 atom stereocenters.